The van der Waals surface area contributed by atoms with E-state index in [1.165, 1.54) is 12.4 Å². The Kier molecular flexibility index (Phi) is 2.61. The Morgan fingerprint density at radius 2 is 2.31 bits per heavy atom. The molecule has 0 atom stereocenters. The molecule has 0 aromatic carbocycles. The second-order valence-corrected chi connectivity index (χ2v) is 2.97. The zero-order valence-corrected chi connectivity index (χ0v) is 8.14. The van der Waals surface area contributed by atoms with Crippen LogP contribution in [0, 0.1) is 11.3 Å². The van der Waals surface area contributed by atoms with Crippen LogP contribution in [0.2, 0.25) is 0 Å². The van der Waals surface area contributed by atoms with Crippen LogP contribution in [0.4, 0.5) is 5.82 Å². The molecule has 16 heavy (non-hydrogen) atoms. The van der Waals surface area contributed by atoms with E-state index in [1.54, 1.807) is 18.2 Å². The number of pyridine rings is 1. The largest absolute Gasteiger partial charge is 0.305 e. The highest BCUT2D eigenvalue weighted by Crippen LogP contribution is 2.05. The number of nitrogens with one attached hydrogen (secondary N) is 2. The van der Waals surface area contributed by atoms with E-state index in [9.17, 15) is 4.79 Å². The highest BCUT2D eigenvalue weighted by Gasteiger charge is 2.07. The average molecular weight is 213 g/mol. The van der Waals surface area contributed by atoms with Crippen LogP contribution in [0.25, 0.3) is 0 Å². The zero-order chi connectivity index (χ0) is 11.4. The second-order valence-electron chi connectivity index (χ2n) is 2.97. The van der Waals surface area contributed by atoms with E-state index in [4.69, 9.17) is 5.26 Å². The fraction of sp³-hybridized carbons (Fsp3) is 0. The van der Waals surface area contributed by atoms with Crippen LogP contribution in [0.1, 0.15) is 16.1 Å². The van der Waals surface area contributed by atoms with Crippen molar-refractivity contribution in [2.45, 2.75) is 0 Å². The Balaban J connectivity index is 2.10. The smallest absolute Gasteiger partial charge is 0.274 e. The van der Waals surface area contributed by atoms with E-state index < -0.39 is 0 Å². The summed E-state index contributed by atoms with van der Waals surface area (Å²) in [5.74, 6) is 0.0632. The average Bonchev–Trinajstić information content (AvgIpc) is 2.83. The summed E-state index contributed by atoms with van der Waals surface area (Å²) in [7, 11) is 0. The minimum absolute atomic E-state index is 0.324. The van der Waals surface area contributed by atoms with E-state index in [0.29, 0.717) is 17.1 Å². The fourth-order valence-corrected chi connectivity index (χ4v) is 1.10. The van der Waals surface area contributed by atoms with Crippen molar-refractivity contribution >= 4 is 11.7 Å². The molecular weight excluding hydrogens is 206 g/mol. The molecule has 2 rings (SSSR count). The molecule has 0 bridgehead atoms. The van der Waals surface area contributed by atoms with Gasteiger partial charge in [-0.1, -0.05) is 0 Å². The SMILES string of the molecule is N#Cc1ccc(NC(=O)c2ccn[nH]2)nc1. The normalized spacial score (nSPS) is 9.44. The minimum atomic E-state index is -0.324. The number of nitrogens with zero attached hydrogens (tertiary/aromatic N) is 3. The van der Waals surface area contributed by atoms with Gasteiger partial charge in [0.25, 0.3) is 5.91 Å². The molecule has 2 N–H and O–H groups in total. The molecule has 2 aromatic rings. The number of nitriles is 1. The molecule has 0 unspecified atom stereocenters. The Bertz CT molecular complexity index is 523. The minimum Gasteiger partial charge on any atom is -0.305 e. The molecule has 2 heterocycles. The zero-order valence-electron chi connectivity index (χ0n) is 8.14. The van der Waals surface area contributed by atoms with Crippen LogP contribution in [0.3, 0.4) is 0 Å². The first kappa shape index (κ1) is 9.86. The van der Waals surface area contributed by atoms with Crippen LogP contribution in [0.15, 0.2) is 30.6 Å². The van der Waals surface area contributed by atoms with Gasteiger partial charge in [-0.2, -0.15) is 10.4 Å². The predicted molar refractivity (Wildman–Crippen MR) is 55.5 cm³/mol. The highest BCUT2D eigenvalue weighted by molar-refractivity contribution is 6.02. The van der Waals surface area contributed by atoms with Crippen LogP contribution >= 0.6 is 0 Å². The van der Waals surface area contributed by atoms with Crippen molar-refractivity contribution < 1.29 is 4.79 Å². The topological polar surface area (TPSA) is 94.5 Å². The van der Waals surface area contributed by atoms with Gasteiger partial charge < -0.3 is 5.32 Å². The molecule has 0 radical (unpaired) electrons. The van der Waals surface area contributed by atoms with E-state index in [0.717, 1.165) is 0 Å². The van der Waals surface area contributed by atoms with Gasteiger partial charge in [-0.15, -0.1) is 0 Å². The van der Waals surface area contributed by atoms with Gasteiger partial charge >= 0.3 is 0 Å². The van der Waals surface area contributed by atoms with Crippen molar-refractivity contribution in [3.63, 3.8) is 0 Å². The van der Waals surface area contributed by atoms with Crippen molar-refractivity contribution in [3.8, 4) is 6.07 Å². The summed E-state index contributed by atoms with van der Waals surface area (Å²) in [6.07, 6.45) is 2.88. The number of rotatable bonds is 2. The molecular formula is C10H7N5O. The number of hydrogen-bond donors (Lipinski definition) is 2. The number of carbonyl (C=O) groups is 1. The Morgan fingerprint density at radius 3 is 2.88 bits per heavy atom. The van der Waals surface area contributed by atoms with Crippen LogP contribution < -0.4 is 5.32 Å². The predicted octanol–water partition coefficient (Wildman–Crippen LogP) is 0.929. The van der Waals surface area contributed by atoms with Crippen molar-refractivity contribution in [2.24, 2.45) is 0 Å². The molecule has 0 aliphatic heterocycles. The second kappa shape index (κ2) is 4.23. The first-order valence-corrected chi connectivity index (χ1v) is 4.46. The Morgan fingerprint density at radius 1 is 1.44 bits per heavy atom. The van der Waals surface area contributed by atoms with Crippen LogP contribution in [-0.2, 0) is 0 Å². The highest BCUT2D eigenvalue weighted by atomic mass is 16.2. The maximum atomic E-state index is 11.5. The van der Waals surface area contributed by atoms with E-state index in [1.807, 2.05) is 6.07 Å². The summed E-state index contributed by atoms with van der Waals surface area (Å²) in [6.45, 7) is 0. The molecule has 2 aromatic heterocycles. The molecule has 1 amide bonds. The van der Waals surface area contributed by atoms with Crippen molar-refractivity contribution in [2.75, 3.05) is 5.32 Å². The molecule has 0 saturated heterocycles. The van der Waals surface area contributed by atoms with E-state index >= 15 is 0 Å². The van der Waals surface area contributed by atoms with Gasteiger partial charge in [-0.05, 0) is 18.2 Å². The van der Waals surface area contributed by atoms with Gasteiger partial charge in [0.2, 0.25) is 0 Å². The lowest BCUT2D eigenvalue weighted by atomic mass is 10.3. The first-order chi connectivity index (χ1) is 7.79. The molecule has 0 aliphatic rings. The van der Waals surface area contributed by atoms with E-state index in [2.05, 4.69) is 20.5 Å². The van der Waals surface area contributed by atoms with Crippen molar-refractivity contribution in [1.82, 2.24) is 15.2 Å². The molecule has 78 valence electrons. The summed E-state index contributed by atoms with van der Waals surface area (Å²) in [4.78, 5) is 15.5. The monoisotopic (exact) mass is 213 g/mol. The summed E-state index contributed by atoms with van der Waals surface area (Å²) in [6, 6.07) is 6.64. The third-order valence-corrected chi connectivity index (χ3v) is 1.88. The molecule has 0 fully saturated rings. The van der Waals surface area contributed by atoms with Gasteiger partial charge in [-0.3, -0.25) is 9.89 Å². The maximum Gasteiger partial charge on any atom is 0.274 e. The first-order valence-electron chi connectivity index (χ1n) is 4.46. The summed E-state index contributed by atoms with van der Waals surface area (Å²) >= 11 is 0. The van der Waals surface area contributed by atoms with Gasteiger partial charge in [0, 0.05) is 12.4 Å². The van der Waals surface area contributed by atoms with Gasteiger partial charge in [-0.25, -0.2) is 4.98 Å². The Labute approximate surface area is 90.9 Å². The summed E-state index contributed by atoms with van der Waals surface area (Å²) in [5.41, 5.74) is 0.797. The summed E-state index contributed by atoms with van der Waals surface area (Å²) < 4.78 is 0. The third-order valence-electron chi connectivity index (χ3n) is 1.88. The third kappa shape index (κ3) is 2.04. The Hall–Kier alpha value is -2.68. The van der Waals surface area contributed by atoms with Crippen molar-refractivity contribution in [1.29, 1.82) is 5.26 Å². The van der Waals surface area contributed by atoms with Gasteiger partial charge in [0.05, 0.1) is 5.56 Å². The molecule has 6 nitrogen and oxygen atoms in total. The molecule has 0 spiro atoms. The molecule has 6 heteroatoms. The number of H-pyrrole nitrogens is 1. The van der Waals surface area contributed by atoms with Gasteiger partial charge in [0.15, 0.2) is 0 Å². The number of aromatic nitrogens is 3. The van der Waals surface area contributed by atoms with Crippen LogP contribution in [0.5, 0.6) is 0 Å². The number of amides is 1. The quantitative estimate of drug-likeness (QED) is 0.775. The number of hydrogen-bond acceptors (Lipinski definition) is 4. The standard InChI is InChI=1S/C10H7N5O/c11-5-7-1-2-9(12-6-7)14-10(16)8-3-4-13-15-8/h1-4,6H,(H,13,15)(H,12,14,16). The lowest BCUT2D eigenvalue weighted by Gasteiger charge is -2.01. The van der Waals surface area contributed by atoms with Crippen LogP contribution in [-0.4, -0.2) is 21.1 Å². The van der Waals surface area contributed by atoms with Gasteiger partial charge in [0.1, 0.15) is 17.6 Å². The number of carbonyl (C=O) groups excluding carboxylic acids is 1. The maximum absolute atomic E-state index is 11.5. The lowest BCUT2D eigenvalue weighted by Crippen LogP contribution is -2.13. The summed E-state index contributed by atoms with van der Waals surface area (Å²) in [5, 5.41) is 17.3. The van der Waals surface area contributed by atoms with Crippen molar-refractivity contribution in [3.05, 3.63) is 41.9 Å². The number of aromatic amines is 1. The molecule has 0 aliphatic carbocycles. The fourth-order valence-electron chi connectivity index (χ4n) is 1.10. The molecule has 0 saturated carbocycles. The van der Waals surface area contributed by atoms with E-state index in [-0.39, 0.29) is 5.91 Å². The number of anilines is 1. The lowest BCUT2D eigenvalue weighted by molar-refractivity contribution is 0.102.